The third-order valence-corrected chi connectivity index (χ3v) is 5.30. The number of aliphatic carboxylic acids is 2. The van der Waals surface area contributed by atoms with E-state index in [1.807, 2.05) is 24.5 Å². The molecular formula is C21H24N4O4S. The third-order valence-electron chi connectivity index (χ3n) is 4.45. The zero-order valence-electron chi connectivity index (χ0n) is 17.3. The largest absolute Gasteiger partial charge is 0.480 e. The fraction of sp³-hybridized carbons (Fsp3) is 0.286. The highest BCUT2D eigenvalue weighted by Crippen LogP contribution is 2.31. The number of carboxylic acid groups (broad SMARTS) is 2. The predicted molar refractivity (Wildman–Crippen MR) is 116 cm³/mol. The molecule has 0 aromatic carbocycles. The van der Waals surface area contributed by atoms with Gasteiger partial charge >= 0.3 is 11.9 Å². The summed E-state index contributed by atoms with van der Waals surface area (Å²) >= 11 is 1.62. The molecule has 158 valence electrons. The molecule has 8 nitrogen and oxygen atoms in total. The smallest absolute Gasteiger partial charge is 0.317 e. The molecule has 0 aliphatic rings. The summed E-state index contributed by atoms with van der Waals surface area (Å²) in [6.45, 7) is 7.75. The van der Waals surface area contributed by atoms with Crippen LogP contribution in [0.5, 0.6) is 0 Å². The second-order valence-corrected chi connectivity index (χ2v) is 7.49. The van der Waals surface area contributed by atoms with Gasteiger partial charge in [0.15, 0.2) is 0 Å². The van der Waals surface area contributed by atoms with Crippen LogP contribution in [0.3, 0.4) is 0 Å². The van der Waals surface area contributed by atoms with E-state index in [0.717, 1.165) is 22.1 Å². The molecule has 0 bridgehead atoms. The number of hydrogen-bond acceptors (Lipinski definition) is 7. The van der Waals surface area contributed by atoms with Crippen molar-refractivity contribution in [3.8, 4) is 22.1 Å². The van der Waals surface area contributed by atoms with Gasteiger partial charge in [-0.2, -0.15) is 0 Å². The average molecular weight is 429 g/mol. The minimum atomic E-state index is -1.06. The lowest BCUT2D eigenvalue weighted by atomic mass is 10.1. The normalized spacial score (nSPS) is 10.3. The van der Waals surface area contributed by atoms with Crippen LogP contribution in [0.4, 0.5) is 0 Å². The molecule has 3 heterocycles. The number of thiazole rings is 1. The molecule has 3 rings (SSSR count). The Labute approximate surface area is 178 Å². The summed E-state index contributed by atoms with van der Waals surface area (Å²) in [5.41, 5.74) is 7.70. The average Bonchev–Trinajstić information content (AvgIpc) is 3.16. The Hall–Kier alpha value is -3.17. The van der Waals surface area contributed by atoms with Crippen molar-refractivity contribution in [1.29, 1.82) is 0 Å². The van der Waals surface area contributed by atoms with Gasteiger partial charge in [-0.05, 0) is 62.1 Å². The van der Waals surface area contributed by atoms with E-state index in [4.69, 9.17) is 15.2 Å². The fourth-order valence-electron chi connectivity index (χ4n) is 2.51. The van der Waals surface area contributed by atoms with Crippen LogP contribution >= 0.6 is 11.3 Å². The van der Waals surface area contributed by atoms with Crippen LogP contribution < -0.4 is 5.32 Å². The number of aryl methyl sites for hydroxylation is 2. The lowest BCUT2D eigenvalue weighted by molar-refractivity contribution is -0.137. The maximum Gasteiger partial charge on any atom is 0.317 e. The molecule has 30 heavy (non-hydrogen) atoms. The van der Waals surface area contributed by atoms with Gasteiger partial charge in [-0.1, -0.05) is 0 Å². The number of aromatic nitrogens is 3. The van der Waals surface area contributed by atoms with Crippen molar-refractivity contribution < 1.29 is 19.8 Å². The Bertz CT molecular complexity index is 969. The molecule has 0 aliphatic heterocycles. The molecular weight excluding hydrogens is 404 g/mol. The molecule has 0 fully saturated rings. The van der Waals surface area contributed by atoms with Gasteiger partial charge in [0.1, 0.15) is 16.4 Å². The summed E-state index contributed by atoms with van der Waals surface area (Å²) in [4.78, 5) is 33.2. The summed E-state index contributed by atoms with van der Waals surface area (Å²) in [6.07, 6.45) is 3.68. The van der Waals surface area contributed by atoms with Crippen molar-refractivity contribution in [2.24, 2.45) is 0 Å². The first kappa shape index (κ1) is 23.1. The lowest BCUT2D eigenvalue weighted by Gasteiger charge is -2.05. The molecule has 0 spiro atoms. The quantitative estimate of drug-likeness (QED) is 0.546. The topological polar surface area (TPSA) is 125 Å². The first-order valence-corrected chi connectivity index (χ1v) is 10.0. The van der Waals surface area contributed by atoms with E-state index in [0.29, 0.717) is 0 Å². The van der Waals surface area contributed by atoms with E-state index in [1.165, 1.54) is 22.3 Å². The first-order valence-electron chi connectivity index (χ1n) is 9.15. The van der Waals surface area contributed by atoms with E-state index in [9.17, 15) is 9.59 Å². The van der Waals surface area contributed by atoms with Gasteiger partial charge in [0.2, 0.25) is 0 Å². The van der Waals surface area contributed by atoms with Gasteiger partial charge in [0.25, 0.3) is 0 Å². The SMILES string of the molecule is Cc1ccnc(-c2csc(-c3nccc(C)c3C)n2)c1C.O=C(O)CNCC(=O)O. The number of nitrogens with zero attached hydrogens (tertiary/aromatic N) is 3. The summed E-state index contributed by atoms with van der Waals surface area (Å²) < 4.78 is 0. The van der Waals surface area contributed by atoms with Crippen LogP contribution in [-0.2, 0) is 9.59 Å². The summed E-state index contributed by atoms with van der Waals surface area (Å²) in [7, 11) is 0. The number of carboxylic acids is 2. The van der Waals surface area contributed by atoms with Crippen LogP contribution in [-0.4, -0.2) is 50.2 Å². The number of nitrogens with one attached hydrogen (secondary N) is 1. The Kier molecular flexibility index (Phi) is 8.14. The predicted octanol–water partition coefficient (Wildman–Crippen LogP) is 3.25. The van der Waals surface area contributed by atoms with E-state index in [-0.39, 0.29) is 13.1 Å². The van der Waals surface area contributed by atoms with Crippen molar-refractivity contribution in [2.45, 2.75) is 27.7 Å². The Morgan fingerprint density at radius 1 is 0.900 bits per heavy atom. The molecule has 0 aliphatic carbocycles. The number of pyridine rings is 2. The third kappa shape index (κ3) is 6.16. The summed E-state index contributed by atoms with van der Waals surface area (Å²) in [5, 5.41) is 21.1. The monoisotopic (exact) mass is 428 g/mol. The molecule has 0 saturated heterocycles. The van der Waals surface area contributed by atoms with Crippen LogP contribution in [0.25, 0.3) is 22.1 Å². The van der Waals surface area contributed by atoms with Crippen molar-refractivity contribution in [3.05, 3.63) is 52.2 Å². The van der Waals surface area contributed by atoms with Gasteiger partial charge in [-0.3, -0.25) is 24.9 Å². The highest BCUT2D eigenvalue weighted by Gasteiger charge is 2.13. The lowest BCUT2D eigenvalue weighted by Crippen LogP contribution is -2.27. The second-order valence-electron chi connectivity index (χ2n) is 6.63. The highest BCUT2D eigenvalue weighted by atomic mass is 32.1. The van der Waals surface area contributed by atoms with Gasteiger partial charge < -0.3 is 10.2 Å². The van der Waals surface area contributed by atoms with Crippen molar-refractivity contribution >= 4 is 23.3 Å². The van der Waals surface area contributed by atoms with Crippen LogP contribution in [0.15, 0.2) is 29.9 Å². The second kappa shape index (κ2) is 10.6. The molecule has 3 aromatic heterocycles. The van der Waals surface area contributed by atoms with Gasteiger partial charge in [0.05, 0.1) is 18.8 Å². The van der Waals surface area contributed by atoms with E-state index in [2.05, 4.69) is 48.4 Å². The number of hydrogen-bond donors (Lipinski definition) is 3. The zero-order valence-corrected chi connectivity index (χ0v) is 18.1. The van der Waals surface area contributed by atoms with Crippen molar-refractivity contribution in [3.63, 3.8) is 0 Å². The van der Waals surface area contributed by atoms with Crippen LogP contribution in [0.1, 0.15) is 22.3 Å². The molecule has 3 N–H and O–H groups in total. The number of rotatable bonds is 6. The van der Waals surface area contributed by atoms with Crippen molar-refractivity contribution in [1.82, 2.24) is 20.3 Å². The molecule has 0 unspecified atom stereocenters. The van der Waals surface area contributed by atoms with Crippen LogP contribution in [0.2, 0.25) is 0 Å². The number of carbonyl (C=O) groups is 2. The van der Waals surface area contributed by atoms with E-state index < -0.39 is 11.9 Å². The van der Waals surface area contributed by atoms with Gasteiger partial charge in [-0.15, -0.1) is 11.3 Å². The zero-order chi connectivity index (χ0) is 22.3. The summed E-state index contributed by atoms with van der Waals surface area (Å²) in [5.74, 6) is -2.12. The minimum Gasteiger partial charge on any atom is -0.480 e. The van der Waals surface area contributed by atoms with Gasteiger partial charge in [-0.25, -0.2) is 4.98 Å². The highest BCUT2D eigenvalue weighted by molar-refractivity contribution is 7.13. The molecule has 9 heteroatoms. The maximum atomic E-state index is 9.73. The van der Waals surface area contributed by atoms with Gasteiger partial charge in [0, 0.05) is 17.8 Å². The molecule has 0 radical (unpaired) electrons. The molecule has 0 saturated carbocycles. The van der Waals surface area contributed by atoms with Crippen LogP contribution in [0, 0.1) is 27.7 Å². The minimum absolute atomic E-state index is 0.313. The Morgan fingerprint density at radius 3 is 1.93 bits per heavy atom. The Balaban J connectivity index is 0.000000303. The van der Waals surface area contributed by atoms with E-state index in [1.54, 1.807) is 11.3 Å². The fourth-order valence-corrected chi connectivity index (χ4v) is 3.36. The molecule has 0 amide bonds. The van der Waals surface area contributed by atoms with E-state index >= 15 is 0 Å². The maximum absolute atomic E-state index is 9.73. The standard InChI is InChI=1S/C17H17N3S.C4H7NO4/c1-10-5-7-18-15(12(10)3)14-9-21-17(20-14)16-13(4)11(2)6-8-19-16;6-3(7)1-5-2-4(8)9/h5-9H,1-4H3;5H,1-2H2,(H,6,7)(H,8,9). The molecule has 3 aromatic rings. The summed E-state index contributed by atoms with van der Waals surface area (Å²) in [6, 6.07) is 4.05. The Morgan fingerprint density at radius 2 is 1.40 bits per heavy atom. The molecule has 0 atom stereocenters. The first-order chi connectivity index (χ1) is 14.2. The van der Waals surface area contributed by atoms with Crippen molar-refractivity contribution in [2.75, 3.05) is 13.1 Å².